The smallest absolute Gasteiger partial charge is 0.136 e. The van der Waals surface area contributed by atoms with Gasteiger partial charge in [0.05, 0.1) is 0 Å². The third kappa shape index (κ3) is 1.86. The van der Waals surface area contributed by atoms with Gasteiger partial charge in [-0.3, -0.25) is 0 Å². The molecule has 1 aromatic carbocycles. The quantitative estimate of drug-likeness (QED) is 0.576. The zero-order chi connectivity index (χ0) is 8.27. The van der Waals surface area contributed by atoms with Gasteiger partial charge >= 0.3 is 0 Å². The second kappa shape index (κ2) is 3.95. The first-order chi connectivity index (χ1) is 5.29. The summed E-state index contributed by atoms with van der Waals surface area (Å²) in [6.07, 6.45) is 2.29. The van der Waals surface area contributed by atoms with Crippen LogP contribution in [0.3, 0.4) is 0 Å². The summed E-state index contributed by atoms with van der Waals surface area (Å²) in [6.45, 7) is 4.42. The molecule has 56 valence electrons. The molecule has 0 nitrogen and oxygen atoms in total. The van der Waals surface area contributed by atoms with Gasteiger partial charge in [0, 0.05) is 0 Å². The number of rotatable bonds is 2. The lowest BCUT2D eigenvalue weighted by Gasteiger charge is -2.09. The number of aryl methyl sites for hydroxylation is 1. The molecule has 0 atom stereocenters. The van der Waals surface area contributed by atoms with Crippen LogP contribution in [0.5, 0.6) is 0 Å². The lowest BCUT2D eigenvalue weighted by atomic mass is 10.0. The maximum absolute atomic E-state index is 2.79. The zero-order valence-corrected chi connectivity index (χ0v) is 8.38. The highest BCUT2D eigenvalue weighted by molar-refractivity contribution is 6.33. The highest BCUT2D eigenvalue weighted by Gasteiger charge is 1.98. The van der Waals surface area contributed by atoms with Crippen molar-refractivity contribution in [3.05, 3.63) is 29.3 Å². The Kier molecular flexibility index (Phi) is 3.18. The van der Waals surface area contributed by atoms with E-state index in [0.29, 0.717) is 0 Å². The summed E-state index contributed by atoms with van der Waals surface area (Å²) in [5.74, 6) is 0. The van der Waals surface area contributed by atoms with Crippen molar-refractivity contribution in [2.45, 2.75) is 26.7 Å². The van der Waals surface area contributed by atoms with Crippen LogP contribution in [-0.4, -0.2) is 16.3 Å². The van der Waals surface area contributed by atoms with Crippen molar-refractivity contribution in [1.29, 1.82) is 0 Å². The van der Waals surface area contributed by atoms with Crippen LogP contribution >= 0.6 is 0 Å². The summed E-state index contributed by atoms with van der Waals surface area (Å²) in [7, 11) is 0. The highest BCUT2D eigenvalue weighted by atomic mass is 27.0. The third-order valence-electron chi connectivity index (χ3n) is 2.04. The molecule has 0 unspecified atom stereocenters. The van der Waals surface area contributed by atoms with Crippen molar-refractivity contribution in [1.82, 2.24) is 0 Å². The third-order valence-corrected chi connectivity index (χ3v) is 2.58. The van der Waals surface area contributed by atoms with Crippen LogP contribution in [0.4, 0.5) is 0 Å². The Hall–Kier alpha value is -0.248. The van der Waals surface area contributed by atoms with Crippen LogP contribution in [0, 0.1) is 0 Å². The lowest BCUT2D eigenvalue weighted by molar-refractivity contribution is 1.05. The van der Waals surface area contributed by atoms with Gasteiger partial charge in [-0.25, -0.2) is 0 Å². The van der Waals surface area contributed by atoms with Crippen molar-refractivity contribution in [3.8, 4) is 0 Å². The lowest BCUT2D eigenvalue weighted by Crippen LogP contribution is -2.11. The van der Waals surface area contributed by atoms with E-state index in [1.807, 2.05) is 0 Å². The van der Waals surface area contributed by atoms with Gasteiger partial charge in [0.1, 0.15) is 0 Å². The van der Waals surface area contributed by atoms with E-state index in [0.717, 1.165) is 12.8 Å². The fourth-order valence-electron chi connectivity index (χ4n) is 1.42. The molecule has 0 aromatic heterocycles. The molecule has 0 aliphatic carbocycles. The van der Waals surface area contributed by atoms with E-state index >= 15 is 0 Å². The fourth-order valence-corrected chi connectivity index (χ4v) is 1.92. The van der Waals surface area contributed by atoms with Crippen LogP contribution < -0.4 is 4.43 Å². The molecule has 0 amide bonds. The van der Waals surface area contributed by atoms with Gasteiger partial charge in [-0.05, 0) is 18.4 Å². The number of benzene rings is 1. The predicted octanol–water partition coefficient (Wildman–Crippen LogP) is 1.61. The Balaban J connectivity index is 3.13. The minimum Gasteiger partial charge on any atom is -0.136 e. The molecule has 1 heteroatoms. The molecule has 0 aliphatic heterocycles. The van der Waals surface area contributed by atoms with Gasteiger partial charge in [0.2, 0.25) is 0 Å². The van der Waals surface area contributed by atoms with Gasteiger partial charge in [-0.15, -0.1) is 4.43 Å². The summed E-state index contributed by atoms with van der Waals surface area (Å²) in [4.78, 5) is 0. The zero-order valence-electron chi connectivity index (χ0n) is 7.22. The second-order valence-electron chi connectivity index (χ2n) is 2.69. The number of hydrogen-bond acceptors (Lipinski definition) is 0. The van der Waals surface area contributed by atoms with Crippen LogP contribution in [0.2, 0.25) is 0 Å². The van der Waals surface area contributed by atoms with E-state index in [1.54, 1.807) is 0 Å². The van der Waals surface area contributed by atoms with Crippen LogP contribution in [0.1, 0.15) is 25.0 Å². The first-order valence-electron chi connectivity index (χ1n) is 4.15. The van der Waals surface area contributed by atoms with Gasteiger partial charge < -0.3 is 0 Å². The maximum Gasteiger partial charge on any atom is 0.176 e. The van der Waals surface area contributed by atoms with E-state index in [2.05, 4.69) is 48.3 Å². The maximum atomic E-state index is 2.79. The molecule has 0 heterocycles. The number of hydrogen-bond donors (Lipinski definition) is 0. The first kappa shape index (κ1) is 8.85. The molecule has 0 aliphatic rings. The molecule has 1 aromatic rings. The molecule has 0 fully saturated rings. The minimum absolute atomic E-state index is 1.14. The summed E-state index contributed by atoms with van der Waals surface area (Å²) < 4.78 is 1.35. The molecule has 11 heavy (non-hydrogen) atoms. The minimum atomic E-state index is 1.14. The molecule has 2 radical (unpaired) electrons. The van der Waals surface area contributed by atoms with Crippen LogP contribution in [0.15, 0.2) is 18.2 Å². The average molecular weight is 160 g/mol. The summed E-state index contributed by atoms with van der Waals surface area (Å²) in [5, 5.41) is 0. The van der Waals surface area contributed by atoms with Gasteiger partial charge in [-0.2, -0.15) is 0 Å². The monoisotopic (exact) mass is 160 g/mol. The van der Waals surface area contributed by atoms with Crippen molar-refractivity contribution >= 4 is 20.7 Å². The van der Waals surface area contributed by atoms with Crippen molar-refractivity contribution < 1.29 is 0 Å². The Morgan fingerprint density at radius 1 is 1.18 bits per heavy atom. The van der Waals surface area contributed by atoms with Gasteiger partial charge in [0.25, 0.3) is 0 Å². The fraction of sp³-hybridized carbons (Fsp3) is 0.400. The largest absolute Gasteiger partial charge is 0.176 e. The molecule has 1 rings (SSSR count). The first-order valence-corrected chi connectivity index (χ1v) is 4.73. The molecular formula is C10H13Al. The summed E-state index contributed by atoms with van der Waals surface area (Å²) in [5.41, 5.74) is 2.99. The summed E-state index contributed by atoms with van der Waals surface area (Å²) in [6, 6.07) is 6.50. The highest BCUT2D eigenvalue weighted by Crippen LogP contribution is 2.06. The molecule has 0 saturated carbocycles. The average Bonchev–Trinajstić information content (AvgIpc) is 2.04. The molecule has 0 spiro atoms. The van der Waals surface area contributed by atoms with E-state index in [1.165, 1.54) is 15.6 Å². The Labute approximate surface area is 77.1 Å². The molecule has 0 bridgehead atoms. The Morgan fingerprint density at radius 2 is 1.91 bits per heavy atom. The van der Waals surface area contributed by atoms with E-state index < -0.39 is 0 Å². The molecule has 0 N–H and O–H groups in total. The van der Waals surface area contributed by atoms with Crippen molar-refractivity contribution in [3.63, 3.8) is 0 Å². The Morgan fingerprint density at radius 3 is 2.36 bits per heavy atom. The van der Waals surface area contributed by atoms with Gasteiger partial charge in [-0.1, -0.05) is 37.6 Å². The van der Waals surface area contributed by atoms with E-state index in [4.69, 9.17) is 0 Å². The van der Waals surface area contributed by atoms with Crippen LogP contribution in [-0.2, 0) is 12.8 Å². The topological polar surface area (TPSA) is 0 Å². The SMILES string of the molecule is CCc1ccc[c]([Al])c1CC. The van der Waals surface area contributed by atoms with Crippen molar-refractivity contribution in [2.24, 2.45) is 0 Å². The van der Waals surface area contributed by atoms with E-state index in [9.17, 15) is 0 Å². The van der Waals surface area contributed by atoms with E-state index in [-0.39, 0.29) is 0 Å². The molecule has 0 saturated heterocycles. The van der Waals surface area contributed by atoms with Crippen molar-refractivity contribution in [2.75, 3.05) is 0 Å². The second-order valence-corrected chi connectivity index (χ2v) is 3.31. The predicted molar refractivity (Wildman–Crippen MR) is 50.6 cm³/mol. The molecular weight excluding hydrogens is 147 g/mol. The summed E-state index contributed by atoms with van der Waals surface area (Å²) >= 11 is 2.79. The van der Waals surface area contributed by atoms with Gasteiger partial charge in [0.15, 0.2) is 16.3 Å². The Bertz CT molecular complexity index is 241. The standard InChI is InChI=1S/C10H13.Al/c1-3-9-7-5-6-8-10(9)4-2;/h5-7H,3-4H2,1-2H3;. The van der Waals surface area contributed by atoms with Crippen LogP contribution in [0.25, 0.3) is 0 Å². The normalized spacial score (nSPS) is 10.0.